The van der Waals surface area contributed by atoms with Crippen LogP contribution >= 0.6 is 0 Å². The number of hydrogen-bond acceptors (Lipinski definition) is 2. The van der Waals surface area contributed by atoms with Gasteiger partial charge in [-0.1, -0.05) is 12.8 Å². The summed E-state index contributed by atoms with van der Waals surface area (Å²) in [5, 5.41) is 12.7. The Bertz CT molecular complexity index is 227. The summed E-state index contributed by atoms with van der Waals surface area (Å²) in [7, 11) is 0. The maximum absolute atomic E-state index is 11.8. The molecular weight excluding hydrogens is 192 g/mol. The first kappa shape index (κ1) is 10.7. The molecular formula is C11H20N2O2. The Kier molecular flexibility index (Phi) is 3.46. The summed E-state index contributed by atoms with van der Waals surface area (Å²) in [5.74, 6) is 0. The number of likely N-dealkylation sites (tertiary alicyclic amines) is 1. The minimum Gasteiger partial charge on any atom is -0.391 e. The summed E-state index contributed by atoms with van der Waals surface area (Å²) in [4.78, 5) is 13.6. The van der Waals surface area contributed by atoms with Gasteiger partial charge in [0, 0.05) is 13.1 Å². The van der Waals surface area contributed by atoms with Crippen LogP contribution in [0.25, 0.3) is 0 Å². The molecule has 86 valence electrons. The van der Waals surface area contributed by atoms with Crippen LogP contribution in [-0.2, 0) is 0 Å². The second-order valence-corrected chi connectivity index (χ2v) is 4.60. The molecule has 2 N–H and O–H groups in total. The van der Waals surface area contributed by atoms with Crippen molar-refractivity contribution in [2.45, 2.75) is 50.7 Å². The first-order valence-corrected chi connectivity index (χ1v) is 6.01. The molecule has 1 saturated carbocycles. The van der Waals surface area contributed by atoms with E-state index in [1.165, 1.54) is 0 Å². The van der Waals surface area contributed by atoms with E-state index in [-0.39, 0.29) is 18.2 Å². The molecule has 2 amide bonds. The van der Waals surface area contributed by atoms with Gasteiger partial charge >= 0.3 is 6.03 Å². The fraction of sp³-hybridized carbons (Fsp3) is 0.909. The normalized spacial score (nSPS) is 31.7. The number of amides is 2. The smallest absolute Gasteiger partial charge is 0.317 e. The molecule has 1 saturated heterocycles. The highest BCUT2D eigenvalue weighted by atomic mass is 16.3. The average Bonchev–Trinajstić information content (AvgIpc) is 2.74. The Labute approximate surface area is 90.6 Å². The molecule has 15 heavy (non-hydrogen) atoms. The van der Waals surface area contributed by atoms with Gasteiger partial charge in [-0.05, 0) is 25.7 Å². The number of nitrogens with zero attached hydrogens (tertiary/aromatic N) is 1. The van der Waals surface area contributed by atoms with Crippen molar-refractivity contribution < 1.29 is 9.90 Å². The molecule has 0 bridgehead atoms. The van der Waals surface area contributed by atoms with Gasteiger partial charge in [0.05, 0.1) is 12.1 Å². The minimum absolute atomic E-state index is 0.0125. The lowest BCUT2D eigenvalue weighted by atomic mass is 9.93. The lowest BCUT2D eigenvalue weighted by molar-refractivity contribution is 0.0908. The molecule has 4 heteroatoms. The van der Waals surface area contributed by atoms with Crippen molar-refractivity contribution in [3.63, 3.8) is 0 Å². The second kappa shape index (κ2) is 4.84. The molecule has 0 aromatic rings. The lowest BCUT2D eigenvalue weighted by Gasteiger charge is -2.30. The highest BCUT2D eigenvalue weighted by Crippen LogP contribution is 2.19. The van der Waals surface area contributed by atoms with Gasteiger partial charge in [0.2, 0.25) is 0 Å². The van der Waals surface area contributed by atoms with Crippen LogP contribution in [0.1, 0.15) is 38.5 Å². The number of rotatable bonds is 1. The topological polar surface area (TPSA) is 52.6 Å². The maximum atomic E-state index is 11.8. The van der Waals surface area contributed by atoms with E-state index in [4.69, 9.17) is 0 Å². The van der Waals surface area contributed by atoms with E-state index in [2.05, 4.69) is 5.32 Å². The van der Waals surface area contributed by atoms with Crippen molar-refractivity contribution in [1.29, 1.82) is 0 Å². The predicted octanol–water partition coefficient (Wildman–Crippen LogP) is 1.10. The maximum Gasteiger partial charge on any atom is 0.317 e. The van der Waals surface area contributed by atoms with Crippen molar-refractivity contribution in [3.8, 4) is 0 Å². The van der Waals surface area contributed by atoms with Crippen LogP contribution in [0, 0.1) is 0 Å². The Morgan fingerprint density at radius 3 is 2.47 bits per heavy atom. The molecule has 0 aromatic carbocycles. The fourth-order valence-corrected chi connectivity index (χ4v) is 2.45. The van der Waals surface area contributed by atoms with Gasteiger partial charge in [-0.25, -0.2) is 4.79 Å². The van der Waals surface area contributed by atoms with Crippen molar-refractivity contribution in [2.75, 3.05) is 13.1 Å². The lowest BCUT2D eigenvalue weighted by Crippen LogP contribution is -2.49. The van der Waals surface area contributed by atoms with E-state index < -0.39 is 0 Å². The van der Waals surface area contributed by atoms with Crippen LogP contribution in [-0.4, -0.2) is 41.3 Å². The van der Waals surface area contributed by atoms with E-state index in [0.717, 1.165) is 51.6 Å². The van der Waals surface area contributed by atoms with Crippen LogP contribution < -0.4 is 5.32 Å². The fourth-order valence-electron chi connectivity index (χ4n) is 2.45. The van der Waals surface area contributed by atoms with Gasteiger partial charge in [-0.15, -0.1) is 0 Å². The van der Waals surface area contributed by atoms with Gasteiger partial charge in [0.25, 0.3) is 0 Å². The van der Waals surface area contributed by atoms with Gasteiger partial charge in [-0.3, -0.25) is 0 Å². The highest BCUT2D eigenvalue weighted by Gasteiger charge is 2.27. The highest BCUT2D eigenvalue weighted by molar-refractivity contribution is 5.74. The molecule has 0 spiro atoms. The number of nitrogens with one attached hydrogen (secondary N) is 1. The average molecular weight is 212 g/mol. The number of hydrogen-bond donors (Lipinski definition) is 2. The Hall–Kier alpha value is -0.770. The third-order valence-electron chi connectivity index (χ3n) is 3.43. The van der Waals surface area contributed by atoms with Gasteiger partial charge in [0.1, 0.15) is 0 Å². The Balaban J connectivity index is 1.81. The summed E-state index contributed by atoms with van der Waals surface area (Å²) in [6.45, 7) is 1.74. The zero-order valence-electron chi connectivity index (χ0n) is 9.11. The van der Waals surface area contributed by atoms with Crippen molar-refractivity contribution in [2.24, 2.45) is 0 Å². The summed E-state index contributed by atoms with van der Waals surface area (Å²) in [6, 6.07) is -0.00898. The summed E-state index contributed by atoms with van der Waals surface area (Å²) >= 11 is 0. The molecule has 1 aliphatic carbocycles. The number of aliphatic hydroxyl groups is 1. The molecule has 4 nitrogen and oxygen atoms in total. The van der Waals surface area contributed by atoms with Crippen LogP contribution in [0.2, 0.25) is 0 Å². The Morgan fingerprint density at radius 2 is 1.80 bits per heavy atom. The zero-order chi connectivity index (χ0) is 10.7. The molecule has 1 heterocycles. The predicted molar refractivity (Wildman–Crippen MR) is 57.6 cm³/mol. The molecule has 2 fully saturated rings. The van der Waals surface area contributed by atoms with Gasteiger partial charge < -0.3 is 15.3 Å². The Morgan fingerprint density at radius 1 is 1.13 bits per heavy atom. The monoisotopic (exact) mass is 212 g/mol. The van der Waals surface area contributed by atoms with E-state index >= 15 is 0 Å². The molecule has 1 aliphatic heterocycles. The quantitative estimate of drug-likeness (QED) is 0.683. The van der Waals surface area contributed by atoms with Crippen LogP contribution in [0.4, 0.5) is 4.79 Å². The van der Waals surface area contributed by atoms with E-state index in [1.54, 1.807) is 0 Å². The largest absolute Gasteiger partial charge is 0.391 e. The summed E-state index contributed by atoms with van der Waals surface area (Å²) < 4.78 is 0. The SMILES string of the molecule is O=C(N[C@@H]1CCCC[C@H]1O)N1CCCC1. The zero-order valence-corrected chi connectivity index (χ0v) is 9.11. The van der Waals surface area contributed by atoms with Gasteiger partial charge in [0.15, 0.2) is 0 Å². The number of urea groups is 1. The van der Waals surface area contributed by atoms with E-state index in [1.807, 2.05) is 4.90 Å². The molecule has 0 unspecified atom stereocenters. The number of aliphatic hydroxyl groups excluding tert-OH is 1. The van der Waals surface area contributed by atoms with E-state index in [0.29, 0.717) is 0 Å². The van der Waals surface area contributed by atoms with Gasteiger partial charge in [-0.2, -0.15) is 0 Å². The van der Waals surface area contributed by atoms with E-state index in [9.17, 15) is 9.90 Å². The molecule has 0 radical (unpaired) electrons. The van der Waals surface area contributed by atoms with Crippen LogP contribution in [0.5, 0.6) is 0 Å². The minimum atomic E-state index is -0.342. The van der Waals surface area contributed by atoms with Crippen LogP contribution in [0.15, 0.2) is 0 Å². The second-order valence-electron chi connectivity index (χ2n) is 4.60. The first-order valence-electron chi connectivity index (χ1n) is 6.01. The number of carbonyl (C=O) groups is 1. The van der Waals surface area contributed by atoms with Crippen molar-refractivity contribution in [3.05, 3.63) is 0 Å². The molecule has 0 aromatic heterocycles. The summed E-state index contributed by atoms with van der Waals surface area (Å²) in [5.41, 5.74) is 0. The van der Waals surface area contributed by atoms with Crippen molar-refractivity contribution in [1.82, 2.24) is 10.2 Å². The summed E-state index contributed by atoms with van der Waals surface area (Å²) in [6.07, 6.45) is 5.82. The first-order chi connectivity index (χ1) is 7.27. The molecule has 2 atom stereocenters. The standard InChI is InChI=1S/C11H20N2O2/c14-10-6-2-1-5-9(10)12-11(15)13-7-3-4-8-13/h9-10,14H,1-8H2,(H,12,15)/t9-,10-/m1/s1. The molecule has 2 aliphatic rings. The number of carbonyl (C=O) groups excluding carboxylic acids is 1. The third-order valence-corrected chi connectivity index (χ3v) is 3.43. The third kappa shape index (κ3) is 2.62. The van der Waals surface area contributed by atoms with Crippen LogP contribution in [0.3, 0.4) is 0 Å². The van der Waals surface area contributed by atoms with Crippen molar-refractivity contribution >= 4 is 6.03 Å². The molecule has 2 rings (SSSR count).